The maximum atomic E-state index is 5.62. The van der Waals surface area contributed by atoms with Crippen molar-refractivity contribution < 1.29 is 0 Å². The lowest BCUT2D eigenvalue weighted by Crippen LogP contribution is -2.33. The van der Waals surface area contributed by atoms with Crippen LogP contribution in [-0.4, -0.2) is 19.1 Å². The van der Waals surface area contributed by atoms with Crippen LogP contribution in [0, 0.1) is 6.92 Å². The van der Waals surface area contributed by atoms with Crippen LogP contribution in [0.1, 0.15) is 43.7 Å². The zero-order chi connectivity index (χ0) is 13.0. The van der Waals surface area contributed by atoms with Gasteiger partial charge in [-0.3, -0.25) is 0 Å². The minimum absolute atomic E-state index is 0.673. The van der Waals surface area contributed by atoms with Crippen LogP contribution in [0.4, 0.5) is 5.69 Å². The number of benzene rings is 1. The third-order valence-corrected chi connectivity index (χ3v) is 4.06. The van der Waals surface area contributed by atoms with Gasteiger partial charge in [-0.05, 0) is 56.8 Å². The molecule has 1 heterocycles. The number of hydrogen-bond donors (Lipinski definition) is 1. The number of hydrogen-bond acceptors (Lipinski definition) is 2. The van der Waals surface area contributed by atoms with Gasteiger partial charge in [0, 0.05) is 18.3 Å². The first-order valence-electron chi connectivity index (χ1n) is 7.28. The summed E-state index contributed by atoms with van der Waals surface area (Å²) in [7, 11) is 0. The Kier molecular flexibility index (Phi) is 4.65. The van der Waals surface area contributed by atoms with E-state index in [1.165, 1.54) is 49.0 Å². The highest BCUT2D eigenvalue weighted by Gasteiger charge is 2.18. The summed E-state index contributed by atoms with van der Waals surface area (Å²) in [6.07, 6.45) is 6.39. The first-order chi connectivity index (χ1) is 8.72. The molecular weight excluding hydrogens is 220 g/mol. The van der Waals surface area contributed by atoms with E-state index in [9.17, 15) is 0 Å². The molecule has 0 aliphatic carbocycles. The molecule has 0 bridgehead atoms. The lowest BCUT2D eigenvalue weighted by atomic mass is 10.0. The van der Waals surface area contributed by atoms with Crippen molar-refractivity contribution in [3.63, 3.8) is 0 Å². The minimum Gasteiger partial charge on any atom is -0.369 e. The second-order valence-corrected chi connectivity index (χ2v) is 5.55. The number of nitrogens with zero attached hydrogens (tertiary/aromatic N) is 1. The highest BCUT2D eigenvalue weighted by molar-refractivity contribution is 5.55. The first kappa shape index (κ1) is 13.4. The van der Waals surface area contributed by atoms with E-state index in [1.807, 2.05) is 0 Å². The Morgan fingerprint density at radius 1 is 1.28 bits per heavy atom. The molecule has 1 aliphatic rings. The van der Waals surface area contributed by atoms with Crippen molar-refractivity contribution in [2.24, 2.45) is 5.73 Å². The molecule has 1 atom stereocenters. The highest BCUT2D eigenvalue weighted by Crippen LogP contribution is 2.27. The van der Waals surface area contributed by atoms with Crippen LogP contribution in [-0.2, 0) is 6.42 Å². The van der Waals surface area contributed by atoms with E-state index in [0.29, 0.717) is 6.04 Å². The summed E-state index contributed by atoms with van der Waals surface area (Å²) in [5.74, 6) is 0. The molecular formula is C16H26N2. The second-order valence-electron chi connectivity index (χ2n) is 5.55. The smallest absolute Gasteiger partial charge is 0.0398 e. The van der Waals surface area contributed by atoms with Crippen LogP contribution in [0.5, 0.6) is 0 Å². The van der Waals surface area contributed by atoms with Crippen LogP contribution in [0.2, 0.25) is 0 Å². The molecule has 0 amide bonds. The molecule has 100 valence electrons. The van der Waals surface area contributed by atoms with Gasteiger partial charge >= 0.3 is 0 Å². The summed E-state index contributed by atoms with van der Waals surface area (Å²) < 4.78 is 0. The molecule has 18 heavy (non-hydrogen) atoms. The van der Waals surface area contributed by atoms with Gasteiger partial charge in [0.25, 0.3) is 0 Å². The zero-order valence-corrected chi connectivity index (χ0v) is 11.8. The van der Waals surface area contributed by atoms with Crippen molar-refractivity contribution in [2.75, 3.05) is 18.0 Å². The van der Waals surface area contributed by atoms with Gasteiger partial charge in [0.2, 0.25) is 0 Å². The Morgan fingerprint density at radius 3 is 2.83 bits per heavy atom. The van der Waals surface area contributed by atoms with Gasteiger partial charge in [-0.15, -0.1) is 0 Å². The van der Waals surface area contributed by atoms with Crippen molar-refractivity contribution in [2.45, 2.75) is 52.0 Å². The highest BCUT2D eigenvalue weighted by atomic mass is 15.2. The van der Waals surface area contributed by atoms with Gasteiger partial charge in [0.05, 0.1) is 0 Å². The summed E-state index contributed by atoms with van der Waals surface area (Å²) in [5, 5.41) is 0. The van der Waals surface area contributed by atoms with Crippen molar-refractivity contribution >= 4 is 5.69 Å². The summed E-state index contributed by atoms with van der Waals surface area (Å²) in [4.78, 5) is 2.59. The molecule has 0 radical (unpaired) electrons. The molecule has 1 unspecified atom stereocenters. The second kappa shape index (κ2) is 6.24. The molecule has 0 aromatic heterocycles. The van der Waals surface area contributed by atoms with E-state index in [-0.39, 0.29) is 0 Å². The average molecular weight is 246 g/mol. The monoisotopic (exact) mass is 246 g/mol. The molecule has 2 nitrogen and oxygen atoms in total. The molecule has 1 fully saturated rings. The molecule has 2 heteroatoms. The van der Waals surface area contributed by atoms with Crippen molar-refractivity contribution in [1.82, 2.24) is 0 Å². The number of anilines is 1. The zero-order valence-electron chi connectivity index (χ0n) is 11.8. The summed E-state index contributed by atoms with van der Waals surface area (Å²) in [6.45, 7) is 6.53. The van der Waals surface area contributed by atoms with Crippen LogP contribution < -0.4 is 10.6 Å². The van der Waals surface area contributed by atoms with E-state index in [0.717, 1.165) is 13.0 Å². The largest absolute Gasteiger partial charge is 0.369 e. The fourth-order valence-electron chi connectivity index (χ4n) is 2.99. The Balaban J connectivity index is 2.20. The average Bonchev–Trinajstić information content (AvgIpc) is 2.55. The predicted molar refractivity (Wildman–Crippen MR) is 79.2 cm³/mol. The molecule has 1 aromatic carbocycles. The number of rotatable bonds is 3. The van der Waals surface area contributed by atoms with E-state index >= 15 is 0 Å². The normalized spacial score (nSPS) is 20.8. The van der Waals surface area contributed by atoms with Crippen molar-refractivity contribution in [3.8, 4) is 0 Å². The standard InChI is InChI=1S/C16H26N2/c1-13-12-15(9-10-17)7-8-16(13)18-11-5-3-4-6-14(18)2/h7-8,12,14H,3-6,9-11,17H2,1-2H3. The molecule has 0 saturated carbocycles. The summed E-state index contributed by atoms with van der Waals surface area (Å²) in [5.41, 5.74) is 9.81. The number of aryl methyl sites for hydroxylation is 1. The maximum absolute atomic E-state index is 5.62. The van der Waals surface area contributed by atoms with E-state index in [1.54, 1.807) is 0 Å². The lowest BCUT2D eigenvalue weighted by molar-refractivity contribution is 0.615. The van der Waals surface area contributed by atoms with Crippen LogP contribution in [0.25, 0.3) is 0 Å². The van der Waals surface area contributed by atoms with E-state index in [2.05, 4.69) is 36.9 Å². The Labute approximate surface area is 111 Å². The Bertz CT molecular complexity index is 387. The third kappa shape index (κ3) is 3.05. The van der Waals surface area contributed by atoms with Gasteiger partial charge in [0.15, 0.2) is 0 Å². The van der Waals surface area contributed by atoms with Crippen molar-refractivity contribution in [1.29, 1.82) is 0 Å². The molecule has 0 spiro atoms. The fourth-order valence-corrected chi connectivity index (χ4v) is 2.99. The topological polar surface area (TPSA) is 29.3 Å². The van der Waals surface area contributed by atoms with Gasteiger partial charge in [0.1, 0.15) is 0 Å². The number of nitrogens with two attached hydrogens (primary N) is 1. The van der Waals surface area contributed by atoms with Gasteiger partial charge in [-0.25, -0.2) is 0 Å². The van der Waals surface area contributed by atoms with Gasteiger partial charge < -0.3 is 10.6 Å². The third-order valence-electron chi connectivity index (χ3n) is 4.06. The minimum atomic E-state index is 0.673. The van der Waals surface area contributed by atoms with E-state index in [4.69, 9.17) is 5.73 Å². The Morgan fingerprint density at radius 2 is 2.11 bits per heavy atom. The first-order valence-corrected chi connectivity index (χ1v) is 7.28. The fraction of sp³-hybridized carbons (Fsp3) is 0.625. The molecule has 1 aliphatic heterocycles. The van der Waals surface area contributed by atoms with E-state index < -0.39 is 0 Å². The SMILES string of the molecule is Cc1cc(CCN)ccc1N1CCCCCC1C. The van der Waals surface area contributed by atoms with Gasteiger partial charge in [-0.1, -0.05) is 25.0 Å². The van der Waals surface area contributed by atoms with Gasteiger partial charge in [-0.2, -0.15) is 0 Å². The maximum Gasteiger partial charge on any atom is 0.0398 e. The molecule has 2 rings (SSSR count). The van der Waals surface area contributed by atoms with Crippen LogP contribution in [0.15, 0.2) is 18.2 Å². The lowest BCUT2D eigenvalue weighted by Gasteiger charge is -2.31. The molecule has 1 aromatic rings. The Hall–Kier alpha value is -1.02. The summed E-state index contributed by atoms with van der Waals surface area (Å²) in [6, 6.07) is 7.51. The van der Waals surface area contributed by atoms with Crippen LogP contribution >= 0.6 is 0 Å². The van der Waals surface area contributed by atoms with Crippen molar-refractivity contribution in [3.05, 3.63) is 29.3 Å². The quantitative estimate of drug-likeness (QED) is 0.887. The molecule has 2 N–H and O–H groups in total. The molecule has 1 saturated heterocycles. The van der Waals surface area contributed by atoms with Crippen LogP contribution in [0.3, 0.4) is 0 Å². The predicted octanol–water partition coefficient (Wildman–Crippen LogP) is 3.27. The summed E-state index contributed by atoms with van der Waals surface area (Å²) >= 11 is 0.